The molecular formula is C24H16O3S. The SMILES string of the molecule is O=C(/C=C/c1cccc2ccccc12)c1ccc(OC(=O)c2cccs2)cc1. The van der Waals surface area contributed by atoms with E-state index in [9.17, 15) is 9.59 Å². The number of hydrogen-bond acceptors (Lipinski definition) is 4. The molecule has 0 unspecified atom stereocenters. The summed E-state index contributed by atoms with van der Waals surface area (Å²) in [6, 6.07) is 24.2. The molecular weight excluding hydrogens is 368 g/mol. The Bertz CT molecular complexity index is 1150. The molecule has 4 rings (SSSR count). The Kier molecular flexibility index (Phi) is 5.13. The minimum atomic E-state index is -0.398. The van der Waals surface area contributed by atoms with Gasteiger partial charge in [0.05, 0.1) is 0 Å². The minimum Gasteiger partial charge on any atom is -0.422 e. The summed E-state index contributed by atoms with van der Waals surface area (Å²) in [5.41, 5.74) is 1.53. The second-order valence-electron chi connectivity index (χ2n) is 6.16. The van der Waals surface area contributed by atoms with Gasteiger partial charge in [-0.05, 0) is 58.1 Å². The zero-order chi connectivity index (χ0) is 19.3. The largest absolute Gasteiger partial charge is 0.422 e. The maximum atomic E-state index is 12.5. The summed E-state index contributed by atoms with van der Waals surface area (Å²) >= 11 is 1.33. The lowest BCUT2D eigenvalue weighted by molar-refractivity contribution is 0.0740. The van der Waals surface area contributed by atoms with Crippen LogP contribution in [0.5, 0.6) is 5.75 Å². The maximum Gasteiger partial charge on any atom is 0.353 e. The average molecular weight is 384 g/mol. The standard InChI is InChI=1S/C24H16O3S/c25-22(15-12-18-7-3-6-17-5-1-2-8-21(17)18)19-10-13-20(14-11-19)27-24(26)23-9-4-16-28-23/h1-16H/b15-12+. The number of benzene rings is 3. The van der Waals surface area contributed by atoms with Gasteiger partial charge in [-0.1, -0.05) is 54.6 Å². The number of ketones is 1. The van der Waals surface area contributed by atoms with Gasteiger partial charge in [0.2, 0.25) is 0 Å². The average Bonchev–Trinajstić information content (AvgIpc) is 3.27. The first-order valence-electron chi connectivity index (χ1n) is 8.77. The summed E-state index contributed by atoms with van der Waals surface area (Å²) < 4.78 is 5.31. The van der Waals surface area contributed by atoms with Gasteiger partial charge in [0, 0.05) is 5.56 Å². The molecule has 0 atom stereocenters. The van der Waals surface area contributed by atoms with E-state index in [-0.39, 0.29) is 5.78 Å². The first-order valence-corrected chi connectivity index (χ1v) is 9.64. The van der Waals surface area contributed by atoms with Crippen molar-refractivity contribution in [3.63, 3.8) is 0 Å². The van der Waals surface area contributed by atoms with Gasteiger partial charge in [-0.15, -0.1) is 11.3 Å². The summed E-state index contributed by atoms with van der Waals surface area (Å²) in [5, 5.41) is 4.06. The van der Waals surface area contributed by atoms with Gasteiger partial charge in [0.15, 0.2) is 5.78 Å². The Morgan fingerprint density at radius 1 is 0.821 bits per heavy atom. The quantitative estimate of drug-likeness (QED) is 0.183. The molecule has 0 aliphatic carbocycles. The van der Waals surface area contributed by atoms with Crippen LogP contribution in [0.25, 0.3) is 16.8 Å². The zero-order valence-corrected chi connectivity index (χ0v) is 15.7. The number of allylic oxidation sites excluding steroid dienone is 1. The fraction of sp³-hybridized carbons (Fsp3) is 0. The Labute approximate surface area is 166 Å². The van der Waals surface area contributed by atoms with Gasteiger partial charge in [0.25, 0.3) is 0 Å². The number of carbonyl (C=O) groups excluding carboxylic acids is 2. The van der Waals surface area contributed by atoms with Crippen LogP contribution in [-0.4, -0.2) is 11.8 Å². The minimum absolute atomic E-state index is 0.107. The summed E-state index contributed by atoms with van der Waals surface area (Å²) in [6.07, 6.45) is 3.39. The summed E-state index contributed by atoms with van der Waals surface area (Å²) in [7, 11) is 0. The molecule has 4 heteroatoms. The van der Waals surface area contributed by atoms with Gasteiger partial charge in [-0.25, -0.2) is 4.79 Å². The van der Waals surface area contributed by atoms with E-state index in [1.54, 1.807) is 42.5 Å². The van der Waals surface area contributed by atoms with Crippen LogP contribution >= 0.6 is 11.3 Å². The van der Waals surface area contributed by atoms with Crippen LogP contribution in [0.4, 0.5) is 0 Å². The topological polar surface area (TPSA) is 43.4 Å². The molecule has 0 aliphatic heterocycles. The number of ether oxygens (including phenoxy) is 1. The lowest BCUT2D eigenvalue weighted by Gasteiger charge is -2.04. The van der Waals surface area contributed by atoms with Crippen LogP contribution in [0.3, 0.4) is 0 Å². The van der Waals surface area contributed by atoms with Gasteiger partial charge >= 0.3 is 5.97 Å². The van der Waals surface area contributed by atoms with E-state index in [0.29, 0.717) is 16.2 Å². The molecule has 0 aliphatic rings. The Morgan fingerprint density at radius 2 is 1.61 bits per heavy atom. The first-order chi connectivity index (χ1) is 13.7. The van der Waals surface area contributed by atoms with Crippen molar-refractivity contribution in [3.8, 4) is 5.75 Å². The molecule has 3 nitrogen and oxygen atoms in total. The molecule has 28 heavy (non-hydrogen) atoms. The van der Waals surface area contributed by atoms with E-state index >= 15 is 0 Å². The second-order valence-corrected chi connectivity index (χ2v) is 7.10. The van der Waals surface area contributed by atoms with Gasteiger partial charge in [-0.2, -0.15) is 0 Å². The molecule has 0 radical (unpaired) electrons. The van der Waals surface area contributed by atoms with E-state index in [1.807, 2.05) is 53.9 Å². The van der Waals surface area contributed by atoms with Crippen LogP contribution in [0, 0.1) is 0 Å². The third-order valence-electron chi connectivity index (χ3n) is 4.31. The third-order valence-corrected chi connectivity index (χ3v) is 5.16. The monoisotopic (exact) mass is 384 g/mol. The summed E-state index contributed by atoms with van der Waals surface area (Å²) in [6.45, 7) is 0. The normalized spacial score (nSPS) is 11.0. The molecule has 0 N–H and O–H groups in total. The van der Waals surface area contributed by atoms with Crippen molar-refractivity contribution in [3.05, 3.63) is 106 Å². The number of hydrogen-bond donors (Lipinski definition) is 0. The molecule has 0 spiro atoms. The molecule has 1 heterocycles. The van der Waals surface area contributed by atoms with Crippen LogP contribution in [-0.2, 0) is 0 Å². The molecule has 136 valence electrons. The highest BCUT2D eigenvalue weighted by Gasteiger charge is 2.10. The molecule has 0 amide bonds. The molecule has 4 aromatic rings. The van der Waals surface area contributed by atoms with Crippen LogP contribution < -0.4 is 4.74 Å². The van der Waals surface area contributed by atoms with E-state index < -0.39 is 5.97 Å². The Hall–Kier alpha value is -3.50. The molecule has 0 bridgehead atoms. The van der Waals surface area contributed by atoms with Crippen molar-refractivity contribution in [2.75, 3.05) is 0 Å². The maximum absolute atomic E-state index is 12.5. The molecule has 1 aromatic heterocycles. The number of rotatable bonds is 5. The molecule has 0 saturated carbocycles. The Balaban J connectivity index is 1.47. The highest BCUT2D eigenvalue weighted by atomic mass is 32.1. The predicted molar refractivity (Wildman–Crippen MR) is 113 cm³/mol. The summed E-state index contributed by atoms with van der Waals surface area (Å²) in [5.74, 6) is -0.0954. The van der Waals surface area contributed by atoms with Crippen molar-refractivity contribution < 1.29 is 14.3 Å². The number of carbonyl (C=O) groups is 2. The van der Waals surface area contributed by atoms with Gasteiger partial charge in [-0.3, -0.25) is 4.79 Å². The number of fused-ring (bicyclic) bond motifs is 1. The smallest absolute Gasteiger partial charge is 0.353 e. The van der Waals surface area contributed by atoms with Crippen molar-refractivity contribution in [2.24, 2.45) is 0 Å². The van der Waals surface area contributed by atoms with Crippen molar-refractivity contribution in [2.45, 2.75) is 0 Å². The van der Waals surface area contributed by atoms with Crippen LogP contribution in [0.1, 0.15) is 25.6 Å². The number of esters is 1. The number of thiophene rings is 1. The van der Waals surface area contributed by atoms with Gasteiger partial charge < -0.3 is 4.74 Å². The van der Waals surface area contributed by atoms with Gasteiger partial charge in [0.1, 0.15) is 10.6 Å². The fourth-order valence-electron chi connectivity index (χ4n) is 2.90. The molecule has 0 saturated heterocycles. The van der Waals surface area contributed by atoms with E-state index in [0.717, 1.165) is 16.3 Å². The van der Waals surface area contributed by atoms with Crippen LogP contribution in [0.2, 0.25) is 0 Å². The lowest BCUT2D eigenvalue weighted by Crippen LogP contribution is -2.06. The van der Waals surface area contributed by atoms with Crippen molar-refractivity contribution >= 4 is 39.9 Å². The zero-order valence-electron chi connectivity index (χ0n) is 14.9. The highest BCUT2D eigenvalue weighted by molar-refractivity contribution is 7.12. The second kappa shape index (κ2) is 8.03. The van der Waals surface area contributed by atoms with E-state index in [2.05, 4.69) is 0 Å². The van der Waals surface area contributed by atoms with Crippen molar-refractivity contribution in [1.29, 1.82) is 0 Å². The fourth-order valence-corrected chi connectivity index (χ4v) is 3.50. The summed E-state index contributed by atoms with van der Waals surface area (Å²) in [4.78, 5) is 25.0. The first kappa shape index (κ1) is 17.9. The molecule has 3 aromatic carbocycles. The molecule has 0 fully saturated rings. The van der Waals surface area contributed by atoms with E-state index in [1.165, 1.54) is 11.3 Å². The Morgan fingerprint density at radius 3 is 2.39 bits per heavy atom. The predicted octanol–water partition coefficient (Wildman–Crippen LogP) is 6.02. The lowest BCUT2D eigenvalue weighted by atomic mass is 10.0. The third kappa shape index (κ3) is 3.92. The van der Waals surface area contributed by atoms with Crippen LogP contribution in [0.15, 0.2) is 90.3 Å². The van der Waals surface area contributed by atoms with E-state index in [4.69, 9.17) is 4.74 Å². The highest BCUT2D eigenvalue weighted by Crippen LogP contribution is 2.21. The van der Waals surface area contributed by atoms with Crippen molar-refractivity contribution in [1.82, 2.24) is 0 Å².